The minimum absolute atomic E-state index is 0.0456. The van der Waals surface area contributed by atoms with Crippen LogP contribution in [0, 0.1) is 11.8 Å². The van der Waals surface area contributed by atoms with Crippen molar-refractivity contribution in [1.82, 2.24) is 9.78 Å². The molecule has 274 valence electrons. The lowest BCUT2D eigenvalue weighted by Gasteiger charge is -2.36. The summed E-state index contributed by atoms with van der Waals surface area (Å²) in [6, 6.07) is 41.7. The molecule has 2 aromatic heterocycles. The second-order valence-electron chi connectivity index (χ2n) is 13.8. The van der Waals surface area contributed by atoms with Crippen molar-refractivity contribution in [1.29, 1.82) is 0 Å². The van der Waals surface area contributed by atoms with Gasteiger partial charge in [0.25, 0.3) is 5.91 Å². The van der Waals surface area contributed by atoms with Crippen LogP contribution in [-0.4, -0.2) is 41.2 Å². The molecular formula is C45H44N4O4S. The number of aromatic nitrogens is 2. The van der Waals surface area contributed by atoms with Crippen LogP contribution < -0.4 is 10.2 Å². The zero-order chi connectivity index (χ0) is 37.7. The Labute approximate surface area is 320 Å². The molecule has 1 saturated carbocycles. The summed E-state index contributed by atoms with van der Waals surface area (Å²) in [4.78, 5) is 43.4. The average molecular weight is 737 g/mol. The number of thiophene rings is 1. The largest absolute Gasteiger partial charge is 0.465 e. The van der Waals surface area contributed by atoms with Gasteiger partial charge in [0.15, 0.2) is 5.69 Å². The summed E-state index contributed by atoms with van der Waals surface area (Å²) in [5, 5.41) is 7.92. The molecule has 54 heavy (non-hydrogen) atoms. The van der Waals surface area contributed by atoms with Crippen LogP contribution in [0.15, 0.2) is 134 Å². The fraction of sp³-hybridized carbons (Fsp3) is 0.244. The van der Waals surface area contributed by atoms with E-state index in [1.54, 1.807) is 11.0 Å². The third-order valence-electron chi connectivity index (χ3n) is 10.5. The topological polar surface area (TPSA) is 93.5 Å². The van der Waals surface area contributed by atoms with Crippen LogP contribution in [0.25, 0.3) is 10.4 Å². The second-order valence-corrected chi connectivity index (χ2v) is 14.9. The molecule has 1 N–H and O–H groups in total. The van der Waals surface area contributed by atoms with E-state index < -0.39 is 11.5 Å². The van der Waals surface area contributed by atoms with Gasteiger partial charge in [-0.1, -0.05) is 110 Å². The minimum atomic E-state index is -0.834. The first-order chi connectivity index (χ1) is 26.3. The third kappa shape index (κ3) is 7.11. The third-order valence-corrected chi connectivity index (χ3v) is 11.6. The van der Waals surface area contributed by atoms with Gasteiger partial charge in [0, 0.05) is 29.2 Å². The Morgan fingerprint density at radius 3 is 1.89 bits per heavy atom. The molecule has 1 aliphatic carbocycles. The SMILES string of the molecule is CCN(C(=O)C1CCC(C)CC1)c1cc(-c2ccc(NC(=O)c3ccn(C(c4ccccc4)(c4ccccc4)c4ccccc4)n3)cc2)sc1C(=O)OC. The van der Waals surface area contributed by atoms with Crippen molar-refractivity contribution in [2.75, 3.05) is 23.9 Å². The van der Waals surface area contributed by atoms with Crippen molar-refractivity contribution in [3.63, 3.8) is 0 Å². The van der Waals surface area contributed by atoms with Gasteiger partial charge >= 0.3 is 5.97 Å². The normalized spacial score (nSPS) is 15.7. The first-order valence-electron chi connectivity index (χ1n) is 18.5. The molecule has 0 aliphatic heterocycles. The number of nitrogens with one attached hydrogen (secondary N) is 1. The minimum Gasteiger partial charge on any atom is -0.465 e. The quantitative estimate of drug-likeness (QED) is 0.106. The Bertz CT molecular complexity index is 2110. The fourth-order valence-corrected chi connectivity index (χ4v) is 8.70. The van der Waals surface area contributed by atoms with E-state index in [-0.39, 0.29) is 23.4 Å². The Morgan fingerprint density at radius 1 is 0.815 bits per heavy atom. The summed E-state index contributed by atoms with van der Waals surface area (Å²) in [5.74, 6) is -0.163. The molecule has 1 fully saturated rings. The molecule has 9 heteroatoms. The van der Waals surface area contributed by atoms with E-state index in [2.05, 4.69) is 48.6 Å². The standard InChI is InChI=1S/C45H44N4O4S/c1-4-48(43(51)33-22-20-31(2)21-23-33)39-30-40(54-41(39)44(52)53-3)32-24-26-37(27-25-32)46-42(50)38-28-29-49(47-38)45(34-14-8-5-9-15-34,35-16-10-6-11-17-35)36-18-12-7-13-19-36/h5-19,24-31,33H,4,20-23H2,1-3H3,(H,46,50). The maximum atomic E-state index is 13.7. The zero-order valence-corrected chi connectivity index (χ0v) is 31.6. The van der Waals surface area contributed by atoms with Crippen LogP contribution in [0.2, 0.25) is 0 Å². The van der Waals surface area contributed by atoms with Gasteiger partial charge in [-0.25, -0.2) is 4.79 Å². The van der Waals surface area contributed by atoms with Gasteiger partial charge in [-0.2, -0.15) is 5.10 Å². The Kier molecular flexibility index (Phi) is 10.9. The lowest BCUT2D eigenvalue weighted by Crippen LogP contribution is -2.38. The molecule has 0 saturated heterocycles. The van der Waals surface area contributed by atoms with E-state index in [9.17, 15) is 14.4 Å². The van der Waals surface area contributed by atoms with Gasteiger partial charge in [-0.05, 0) is 85.0 Å². The summed E-state index contributed by atoms with van der Waals surface area (Å²) in [6.07, 6.45) is 5.66. The fourth-order valence-electron chi connectivity index (χ4n) is 7.62. The molecule has 0 radical (unpaired) electrons. The number of hydrogen-bond donors (Lipinski definition) is 1. The monoisotopic (exact) mass is 736 g/mol. The van der Waals surface area contributed by atoms with Gasteiger partial charge in [0.05, 0.1) is 12.8 Å². The molecule has 6 aromatic rings. The molecule has 1 aliphatic rings. The van der Waals surface area contributed by atoms with Crippen LogP contribution in [-0.2, 0) is 15.1 Å². The number of carbonyl (C=O) groups is 3. The predicted octanol–water partition coefficient (Wildman–Crippen LogP) is 9.67. The number of rotatable bonds is 11. The number of carbonyl (C=O) groups excluding carboxylic acids is 3. The highest BCUT2D eigenvalue weighted by Crippen LogP contribution is 2.41. The number of esters is 1. The Hall–Kier alpha value is -5.80. The Morgan fingerprint density at radius 2 is 1.37 bits per heavy atom. The summed E-state index contributed by atoms with van der Waals surface area (Å²) in [6.45, 7) is 4.63. The molecule has 2 heterocycles. The predicted molar refractivity (Wildman–Crippen MR) is 215 cm³/mol. The maximum absolute atomic E-state index is 13.7. The number of benzene rings is 4. The number of nitrogens with zero attached hydrogens (tertiary/aromatic N) is 3. The number of amides is 2. The van der Waals surface area contributed by atoms with E-state index >= 15 is 0 Å². The number of anilines is 2. The van der Waals surface area contributed by atoms with Crippen molar-refractivity contribution in [2.45, 2.75) is 45.1 Å². The van der Waals surface area contributed by atoms with Crippen molar-refractivity contribution in [3.05, 3.63) is 161 Å². The van der Waals surface area contributed by atoms with E-state index in [1.165, 1.54) is 18.4 Å². The molecular weight excluding hydrogens is 693 g/mol. The van der Waals surface area contributed by atoms with E-state index in [0.717, 1.165) is 52.8 Å². The smallest absolute Gasteiger partial charge is 0.350 e. The van der Waals surface area contributed by atoms with Gasteiger partial charge < -0.3 is 15.0 Å². The number of hydrogen-bond acceptors (Lipinski definition) is 6. The molecule has 2 amide bonds. The summed E-state index contributed by atoms with van der Waals surface area (Å²) in [7, 11) is 1.36. The average Bonchev–Trinajstić information content (AvgIpc) is 3.89. The van der Waals surface area contributed by atoms with E-state index in [0.29, 0.717) is 28.7 Å². The van der Waals surface area contributed by atoms with Crippen LogP contribution in [0.3, 0.4) is 0 Å². The first kappa shape index (κ1) is 36.6. The highest BCUT2D eigenvalue weighted by atomic mass is 32.1. The highest BCUT2D eigenvalue weighted by Gasteiger charge is 2.39. The highest BCUT2D eigenvalue weighted by molar-refractivity contribution is 7.18. The van der Waals surface area contributed by atoms with Gasteiger partial charge in [0.1, 0.15) is 10.4 Å². The molecule has 0 spiro atoms. The van der Waals surface area contributed by atoms with Crippen molar-refractivity contribution >= 4 is 40.5 Å². The second kappa shape index (κ2) is 16.1. The van der Waals surface area contributed by atoms with Gasteiger partial charge in [-0.3, -0.25) is 14.3 Å². The van der Waals surface area contributed by atoms with Crippen LogP contribution >= 0.6 is 11.3 Å². The molecule has 4 aromatic carbocycles. The van der Waals surface area contributed by atoms with Crippen molar-refractivity contribution < 1.29 is 19.1 Å². The summed E-state index contributed by atoms with van der Waals surface area (Å²) < 4.78 is 7.01. The van der Waals surface area contributed by atoms with E-state index in [4.69, 9.17) is 9.84 Å². The van der Waals surface area contributed by atoms with Crippen LogP contribution in [0.5, 0.6) is 0 Å². The first-order valence-corrected chi connectivity index (χ1v) is 19.3. The van der Waals surface area contributed by atoms with Gasteiger partial charge in [-0.15, -0.1) is 11.3 Å². The zero-order valence-electron chi connectivity index (χ0n) is 30.8. The number of methoxy groups -OCH3 is 1. The Balaban J connectivity index is 1.15. The van der Waals surface area contributed by atoms with Crippen LogP contribution in [0.1, 0.15) is 76.4 Å². The number of ether oxygens (including phenoxy) is 1. The van der Waals surface area contributed by atoms with Gasteiger partial charge in [0.2, 0.25) is 5.91 Å². The summed E-state index contributed by atoms with van der Waals surface area (Å²) in [5.41, 5.74) is 4.50. The van der Waals surface area contributed by atoms with E-state index in [1.807, 2.05) is 103 Å². The molecule has 7 rings (SSSR count). The molecule has 0 atom stereocenters. The summed E-state index contributed by atoms with van der Waals surface area (Å²) >= 11 is 1.30. The lowest BCUT2D eigenvalue weighted by molar-refractivity contribution is -0.123. The molecule has 0 bridgehead atoms. The van der Waals surface area contributed by atoms with Crippen molar-refractivity contribution in [3.8, 4) is 10.4 Å². The maximum Gasteiger partial charge on any atom is 0.350 e. The molecule has 0 unspecified atom stereocenters. The van der Waals surface area contributed by atoms with Crippen molar-refractivity contribution in [2.24, 2.45) is 11.8 Å². The van der Waals surface area contributed by atoms with Crippen LogP contribution in [0.4, 0.5) is 11.4 Å². The lowest BCUT2D eigenvalue weighted by atomic mass is 9.77. The molecule has 8 nitrogen and oxygen atoms in total.